The van der Waals surface area contributed by atoms with Crippen molar-refractivity contribution in [1.82, 2.24) is 5.01 Å². The van der Waals surface area contributed by atoms with Gasteiger partial charge in [0.15, 0.2) is 5.71 Å². The van der Waals surface area contributed by atoms with E-state index >= 15 is 0 Å². The number of ketones is 1. The Morgan fingerprint density at radius 1 is 1.14 bits per heavy atom. The van der Waals surface area contributed by atoms with Crippen molar-refractivity contribution in [3.63, 3.8) is 0 Å². The van der Waals surface area contributed by atoms with Gasteiger partial charge >= 0.3 is 5.97 Å². The van der Waals surface area contributed by atoms with Gasteiger partial charge in [0.05, 0.1) is 19.4 Å². The molecule has 2 aliphatic rings. The molecule has 1 aromatic rings. The van der Waals surface area contributed by atoms with Gasteiger partial charge in [0.1, 0.15) is 23.5 Å². The summed E-state index contributed by atoms with van der Waals surface area (Å²) >= 11 is 0. The van der Waals surface area contributed by atoms with E-state index in [4.69, 9.17) is 9.47 Å². The van der Waals surface area contributed by atoms with Gasteiger partial charge in [-0.3, -0.25) is 19.4 Å². The average Bonchev–Trinajstić information content (AvgIpc) is 3.17. The van der Waals surface area contributed by atoms with Crippen molar-refractivity contribution in [2.45, 2.75) is 26.3 Å². The first kappa shape index (κ1) is 19.5. The van der Waals surface area contributed by atoms with E-state index in [1.54, 1.807) is 24.3 Å². The number of hydrogen-bond donors (Lipinski definition) is 0. The normalized spacial score (nSPS) is 20.9. The fourth-order valence-electron chi connectivity index (χ4n) is 3.33. The second-order valence-electron chi connectivity index (χ2n) is 6.45. The quantitative estimate of drug-likeness (QED) is 0.502. The summed E-state index contributed by atoms with van der Waals surface area (Å²) in [6.45, 7) is 3.90. The maximum Gasteiger partial charge on any atom is 0.355 e. The molecule has 0 spiro atoms. The van der Waals surface area contributed by atoms with E-state index in [1.807, 2.05) is 6.92 Å². The molecule has 2 amide bonds. The Morgan fingerprint density at radius 3 is 2.39 bits per heavy atom. The van der Waals surface area contributed by atoms with E-state index in [2.05, 4.69) is 5.10 Å². The number of benzene rings is 1. The van der Waals surface area contributed by atoms with Crippen LogP contribution < -0.4 is 9.64 Å². The smallest absolute Gasteiger partial charge is 0.355 e. The molecule has 3 rings (SSSR count). The monoisotopic (exact) mass is 387 g/mol. The Balaban J connectivity index is 1.93. The summed E-state index contributed by atoms with van der Waals surface area (Å²) in [6.07, 6.45) is 0.145. The summed E-state index contributed by atoms with van der Waals surface area (Å²) in [7, 11) is 1.18. The Labute approximate surface area is 161 Å². The Morgan fingerprint density at radius 2 is 1.82 bits per heavy atom. The van der Waals surface area contributed by atoms with Crippen molar-refractivity contribution in [3.8, 4) is 5.75 Å². The first-order chi connectivity index (χ1) is 13.4. The van der Waals surface area contributed by atoms with Gasteiger partial charge < -0.3 is 9.47 Å². The lowest BCUT2D eigenvalue weighted by Crippen LogP contribution is -2.39. The number of nitrogens with zero attached hydrogens (tertiary/aromatic N) is 3. The van der Waals surface area contributed by atoms with Crippen molar-refractivity contribution in [3.05, 3.63) is 24.3 Å². The number of anilines is 1. The molecule has 0 aliphatic carbocycles. The molecule has 0 radical (unpaired) electrons. The molecule has 2 aliphatic heterocycles. The number of esters is 1. The van der Waals surface area contributed by atoms with Gasteiger partial charge in [-0.05, 0) is 38.1 Å². The Hall–Kier alpha value is -3.23. The summed E-state index contributed by atoms with van der Waals surface area (Å²) in [5.74, 6) is -2.34. The van der Waals surface area contributed by atoms with Crippen molar-refractivity contribution in [1.29, 1.82) is 0 Å². The third kappa shape index (κ3) is 3.35. The number of fused-ring (bicyclic) bond motifs is 1. The third-order valence-electron chi connectivity index (χ3n) is 4.62. The molecule has 148 valence electrons. The van der Waals surface area contributed by atoms with Gasteiger partial charge in [0, 0.05) is 13.0 Å². The molecule has 0 bridgehead atoms. The van der Waals surface area contributed by atoms with Crippen molar-refractivity contribution < 1.29 is 28.7 Å². The number of amides is 2. The number of hydrogen-bond acceptors (Lipinski definition) is 8. The molecule has 28 heavy (non-hydrogen) atoms. The van der Waals surface area contributed by atoms with Gasteiger partial charge in [-0.15, -0.1) is 0 Å². The zero-order valence-corrected chi connectivity index (χ0v) is 15.9. The molecule has 2 heterocycles. The molecule has 9 nitrogen and oxygen atoms in total. The summed E-state index contributed by atoms with van der Waals surface area (Å²) < 4.78 is 10.1. The number of carbonyl (C=O) groups excluding carboxylic acids is 4. The van der Waals surface area contributed by atoms with Crippen molar-refractivity contribution >= 4 is 35.0 Å². The van der Waals surface area contributed by atoms with E-state index in [0.717, 1.165) is 4.90 Å². The van der Waals surface area contributed by atoms with Crippen LogP contribution in [0.5, 0.6) is 5.75 Å². The minimum absolute atomic E-state index is 0.0848. The first-order valence-corrected chi connectivity index (χ1v) is 8.92. The first-order valence-electron chi connectivity index (χ1n) is 8.92. The summed E-state index contributed by atoms with van der Waals surface area (Å²) in [5, 5.41) is 5.46. The number of Topliss-reactive ketones (excluding diaryl/α,β-unsaturated/α-hetero) is 1. The predicted octanol–water partition coefficient (Wildman–Crippen LogP) is 0.767. The van der Waals surface area contributed by atoms with E-state index in [9.17, 15) is 19.2 Å². The van der Waals surface area contributed by atoms with Gasteiger partial charge in [-0.2, -0.15) is 5.10 Å². The van der Waals surface area contributed by atoms with Crippen LogP contribution in [0.25, 0.3) is 0 Å². The van der Waals surface area contributed by atoms with Gasteiger partial charge in [0.2, 0.25) is 5.91 Å². The zero-order valence-electron chi connectivity index (χ0n) is 15.9. The fraction of sp³-hybridized carbons (Fsp3) is 0.421. The molecule has 9 heteroatoms. The van der Waals surface area contributed by atoms with E-state index in [1.165, 1.54) is 19.0 Å². The maximum absolute atomic E-state index is 13.0. The standard InChI is InChI=1S/C19H21N3O6/c1-4-28-13-7-5-12(6-8-13)22-17(24)14-15(19(26)27-3)20-21(10-9-11(2)23)16(14)18(22)25/h5-8,14,16H,4,9-10H2,1-3H3/t14-,16-/m1/s1. The number of rotatable bonds is 7. The van der Waals surface area contributed by atoms with Gasteiger partial charge in [-0.25, -0.2) is 9.69 Å². The molecular formula is C19H21N3O6. The third-order valence-corrected chi connectivity index (χ3v) is 4.62. The highest BCUT2D eigenvalue weighted by molar-refractivity contribution is 6.46. The molecular weight excluding hydrogens is 366 g/mol. The van der Waals surface area contributed by atoms with E-state index in [0.29, 0.717) is 18.0 Å². The number of hydrazone groups is 1. The Kier molecular flexibility index (Phi) is 5.43. The van der Waals surface area contributed by atoms with Crippen LogP contribution in [0.15, 0.2) is 29.4 Å². The lowest BCUT2D eigenvalue weighted by molar-refractivity contribution is -0.133. The van der Waals surface area contributed by atoms with Crippen LogP contribution in [-0.4, -0.2) is 60.6 Å². The van der Waals surface area contributed by atoms with E-state index in [-0.39, 0.29) is 24.5 Å². The van der Waals surface area contributed by atoms with Crippen LogP contribution in [0.3, 0.4) is 0 Å². The highest BCUT2D eigenvalue weighted by Gasteiger charge is 2.58. The molecule has 0 saturated carbocycles. The van der Waals surface area contributed by atoms with E-state index < -0.39 is 29.7 Å². The summed E-state index contributed by atoms with van der Waals surface area (Å²) in [4.78, 5) is 50.5. The molecule has 1 fully saturated rings. The molecule has 0 aromatic heterocycles. The molecule has 0 unspecified atom stereocenters. The molecule has 2 atom stereocenters. The van der Waals surface area contributed by atoms with Crippen LogP contribution in [-0.2, 0) is 23.9 Å². The van der Waals surface area contributed by atoms with Crippen LogP contribution in [0.4, 0.5) is 5.69 Å². The number of carbonyl (C=O) groups is 4. The highest BCUT2D eigenvalue weighted by Crippen LogP contribution is 2.36. The van der Waals surface area contributed by atoms with Crippen LogP contribution in [0.2, 0.25) is 0 Å². The van der Waals surface area contributed by atoms with Crippen LogP contribution in [0, 0.1) is 5.92 Å². The number of imide groups is 1. The predicted molar refractivity (Wildman–Crippen MR) is 98.8 cm³/mol. The molecule has 1 saturated heterocycles. The average molecular weight is 387 g/mol. The molecule has 1 aromatic carbocycles. The lowest BCUT2D eigenvalue weighted by Gasteiger charge is -2.21. The summed E-state index contributed by atoms with van der Waals surface area (Å²) in [5.41, 5.74) is 0.256. The lowest BCUT2D eigenvalue weighted by atomic mass is 9.98. The number of ether oxygens (including phenoxy) is 2. The second-order valence-corrected chi connectivity index (χ2v) is 6.45. The SMILES string of the molecule is CCOc1ccc(N2C(=O)[C@@H]3C(C(=O)OC)=NN(CCC(C)=O)[C@H]3C2=O)cc1. The second kappa shape index (κ2) is 7.79. The minimum atomic E-state index is -1.06. The minimum Gasteiger partial charge on any atom is -0.494 e. The van der Waals surface area contributed by atoms with Crippen molar-refractivity contribution in [2.75, 3.05) is 25.2 Å². The van der Waals surface area contributed by atoms with Crippen LogP contribution >= 0.6 is 0 Å². The largest absolute Gasteiger partial charge is 0.494 e. The topological polar surface area (TPSA) is 106 Å². The summed E-state index contributed by atoms with van der Waals surface area (Å²) in [6, 6.07) is 5.58. The van der Waals surface area contributed by atoms with Gasteiger partial charge in [0.25, 0.3) is 5.91 Å². The maximum atomic E-state index is 13.0. The molecule has 0 N–H and O–H groups in total. The zero-order chi connectivity index (χ0) is 20.4. The highest BCUT2D eigenvalue weighted by atomic mass is 16.5. The van der Waals surface area contributed by atoms with Crippen molar-refractivity contribution in [2.24, 2.45) is 11.0 Å². The van der Waals surface area contributed by atoms with Crippen LogP contribution in [0.1, 0.15) is 20.3 Å². The fourth-order valence-corrected chi connectivity index (χ4v) is 3.33. The Bertz CT molecular complexity index is 848. The number of methoxy groups -OCH3 is 1. The van der Waals surface area contributed by atoms with Gasteiger partial charge in [-0.1, -0.05) is 0 Å².